The van der Waals surface area contributed by atoms with Gasteiger partial charge in [-0.15, -0.1) is 0 Å². The van der Waals surface area contributed by atoms with E-state index in [0.29, 0.717) is 24.2 Å². The molecule has 2 unspecified atom stereocenters. The maximum atomic E-state index is 13.2. The van der Waals surface area contributed by atoms with Crippen molar-refractivity contribution in [1.82, 2.24) is 20.2 Å². The SMILES string of the molecule is CCc1cnc(Nc2cc(C)cc(C)c2)nc1CNC1CC2CCC(C1)N2C(=O)c1ccc(N)cc1. The molecule has 2 saturated heterocycles. The Morgan fingerprint density at radius 1 is 1.06 bits per heavy atom. The van der Waals surface area contributed by atoms with Gasteiger partial charge in [0.1, 0.15) is 0 Å². The van der Waals surface area contributed by atoms with Crippen LogP contribution in [-0.2, 0) is 13.0 Å². The Hall–Kier alpha value is -3.45. The lowest BCUT2D eigenvalue weighted by molar-refractivity contribution is 0.0554. The average Bonchev–Trinajstić information content (AvgIpc) is 3.12. The molecule has 7 heteroatoms. The summed E-state index contributed by atoms with van der Waals surface area (Å²) < 4.78 is 0. The molecule has 188 valence electrons. The van der Waals surface area contributed by atoms with Gasteiger partial charge in [-0.1, -0.05) is 13.0 Å². The minimum absolute atomic E-state index is 0.132. The van der Waals surface area contributed by atoms with Crippen LogP contribution in [0.5, 0.6) is 0 Å². The second-order valence-corrected chi connectivity index (χ2v) is 10.3. The summed E-state index contributed by atoms with van der Waals surface area (Å²) in [6.45, 7) is 7.02. The van der Waals surface area contributed by atoms with Crippen molar-refractivity contribution in [1.29, 1.82) is 0 Å². The molecule has 1 amide bonds. The number of hydrogen-bond donors (Lipinski definition) is 3. The van der Waals surface area contributed by atoms with E-state index in [4.69, 9.17) is 10.7 Å². The Bertz CT molecular complexity index is 1210. The zero-order valence-corrected chi connectivity index (χ0v) is 21.4. The van der Waals surface area contributed by atoms with E-state index in [0.717, 1.165) is 54.6 Å². The third-order valence-electron chi connectivity index (χ3n) is 7.50. The number of carbonyl (C=O) groups is 1. The molecule has 2 fully saturated rings. The lowest BCUT2D eigenvalue weighted by Gasteiger charge is -2.39. The molecule has 1 aromatic heterocycles. The fourth-order valence-electron chi connectivity index (χ4n) is 5.82. The Balaban J connectivity index is 1.24. The number of amides is 1. The largest absolute Gasteiger partial charge is 0.399 e. The number of hydrogen-bond acceptors (Lipinski definition) is 6. The molecule has 36 heavy (non-hydrogen) atoms. The smallest absolute Gasteiger partial charge is 0.254 e. The van der Waals surface area contributed by atoms with Crippen molar-refractivity contribution in [3.05, 3.63) is 76.6 Å². The first-order chi connectivity index (χ1) is 17.4. The third kappa shape index (κ3) is 5.21. The molecule has 2 aromatic carbocycles. The van der Waals surface area contributed by atoms with E-state index in [2.05, 4.69) is 59.5 Å². The minimum Gasteiger partial charge on any atom is -0.399 e. The van der Waals surface area contributed by atoms with Crippen molar-refractivity contribution in [3.63, 3.8) is 0 Å². The number of nitrogens with one attached hydrogen (secondary N) is 2. The highest BCUT2D eigenvalue weighted by Gasteiger charge is 2.43. The van der Waals surface area contributed by atoms with Crippen LogP contribution in [-0.4, -0.2) is 38.9 Å². The lowest BCUT2D eigenvalue weighted by atomic mass is 9.96. The predicted octanol–water partition coefficient (Wildman–Crippen LogP) is 4.91. The standard InChI is InChI=1S/C29H36N6O/c1-4-20-16-32-29(33-24-12-18(2)11-19(3)13-24)34-27(20)17-31-23-14-25-9-10-26(15-23)35(25)28(36)21-5-7-22(30)8-6-21/h5-8,11-13,16,23,25-26,31H,4,9-10,14-15,17,30H2,1-3H3,(H,32,33,34). The van der Waals surface area contributed by atoms with Gasteiger partial charge in [-0.05, 0) is 99.0 Å². The Morgan fingerprint density at radius 3 is 2.36 bits per heavy atom. The normalized spacial score (nSPS) is 21.0. The van der Waals surface area contributed by atoms with E-state index in [9.17, 15) is 4.79 Å². The monoisotopic (exact) mass is 484 g/mol. The molecule has 0 spiro atoms. The number of nitrogens with two attached hydrogens (primary N) is 1. The van der Waals surface area contributed by atoms with Crippen molar-refractivity contribution in [2.24, 2.45) is 0 Å². The molecule has 0 aliphatic carbocycles. The molecule has 4 N–H and O–H groups in total. The summed E-state index contributed by atoms with van der Waals surface area (Å²) in [5.41, 5.74) is 12.8. The molecule has 7 nitrogen and oxygen atoms in total. The van der Waals surface area contributed by atoms with Gasteiger partial charge >= 0.3 is 0 Å². The quantitative estimate of drug-likeness (QED) is 0.413. The zero-order valence-electron chi connectivity index (χ0n) is 21.4. The highest BCUT2D eigenvalue weighted by molar-refractivity contribution is 5.95. The summed E-state index contributed by atoms with van der Waals surface area (Å²) in [7, 11) is 0. The van der Waals surface area contributed by atoms with E-state index in [1.165, 1.54) is 11.1 Å². The van der Waals surface area contributed by atoms with Gasteiger partial charge in [0.05, 0.1) is 5.69 Å². The van der Waals surface area contributed by atoms with Gasteiger partial charge in [0.2, 0.25) is 5.95 Å². The van der Waals surface area contributed by atoms with Crippen molar-refractivity contribution < 1.29 is 4.79 Å². The van der Waals surface area contributed by atoms with Crippen LogP contribution in [0.4, 0.5) is 17.3 Å². The Labute approximate surface area is 213 Å². The number of anilines is 3. The second kappa shape index (κ2) is 10.3. The number of nitrogens with zero attached hydrogens (tertiary/aromatic N) is 3. The van der Waals surface area contributed by atoms with Crippen LogP contribution < -0.4 is 16.4 Å². The maximum absolute atomic E-state index is 13.2. The van der Waals surface area contributed by atoms with Gasteiger partial charge in [-0.3, -0.25) is 4.79 Å². The molecule has 0 radical (unpaired) electrons. The number of piperidine rings is 1. The summed E-state index contributed by atoms with van der Waals surface area (Å²) in [6, 6.07) is 14.6. The molecule has 0 saturated carbocycles. The number of rotatable bonds is 7. The van der Waals surface area contributed by atoms with Crippen LogP contribution in [0.2, 0.25) is 0 Å². The first-order valence-corrected chi connectivity index (χ1v) is 13.0. The molecule has 2 aliphatic rings. The van der Waals surface area contributed by atoms with E-state index < -0.39 is 0 Å². The van der Waals surface area contributed by atoms with E-state index >= 15 is 0 Å². The summed E-state index contributed by atoms with van der Waals surface area (Å²) in [5.74, 6) is 0.755. The summed E-state index contributed by atoms with van der Waals surface area (Å²) in [6.07, 6.45) is 6.91. The van der Waals surface area contributed by atoms with E-state index in [1.807, 2.05) is 18.3 Å². The Kier molecular flexibility index (Phi) is 6.92. The number of fused-ring (bicyclic) bond motifs is 2. The average molecular weight is 485 g/mol. The fraction of sp³-hybridized carbons (Fsp3) is 0.414. The van der Waals surface area contributed by atoms with Crippen LogP contribution in [0.1, 0.15) is 65.3 Å². The van der Waals surface area contributed by atoms with E-state index in [1.54, 1.807) is 12.1 Å². The van der Waals surface area contributed by atoms with Crippen LogP contribution in [0.25, 0.3) is 0 Å². The van der Waals surface area contributed by atoms with Gasteiger partial charge in [-0.2, -0.15) is 0 Å². The molecule has 2 bridgehead atoms. The van der Waals surface area contributed by atoms with Gasteiger partial charge in [0.25, 0.3) is 5.91 Å². The van der Waals surface area contributed by atoms with Crippen LogP contribution >= 0.6 is 0 Å². The number of nitrogen functional groups attached to an aromatic ring is 1. The topological polar surface area (TPSA) is 96.2 Å². The maximum Gasteiger partial charge on any atom is 0.254 e. The Morgan fingerprint density at radius 2 is 1.72 bits per heavy atom. The molecule has 5 rings (SSSR count). The summed E-state index contributed by atoms with van der Waals surface area (Å²) >= 11 is 0. The molecule has 3 heterocycles. The molecule has 2 aliphatic heterocycles. The van der Waals surface area contributed by atoms with Crippen molar-refractivity contribution in [3.8, 4) is 0 Å². The number of carbonyl (C=O) groups excluding carboxylic acids is 1. The highest BCUT2D eigenvalue weighted by atomic mass is 16.2. The molecular formula is C29H36N6O. The van der Waals surface area contributed by atoms with Gasteiger partial charge < -0.3 is 21.3 Å². The number of aromatic nitrogens is 2. The predicted molar refractivity (Wildman–Crippen MR) is 144 cm³/mol. The second-order valence-electron chi connectivity index (χ2n) is 10.3. The lowest BCUT2D eigenvalue weighted by Crippen LogP contribution is -2.51. The third-order valence-corrected chi connectivity index (χ3v) is 7.50. The zero-order chi connectivity index (χ0) is 25.2. The number of aryl methyl sites for hydroxylation is 3. The van der Waals surface area contributed by atoms with Gasteiger partial charge in [-0.25, -0.2) is 9.97 Å². The van der Waals surface area contributed by atoms with Crippen molar-refractivity contribution >= 4 is 23.2 Å². The van der Waals surface area contributed by atoms with Gasteiger partial charge in [0.15, 0.2) is 0 Å². The van der Waals surface area contributed by atoms with Crippen molar-refractivity contribution in [2.45, 2.75) is 77.5 Å². The van der Waals surface area contributed by atoms with Crippen LogP contribution in [0.15, 0.2) is 48.7 Å². The molecule has 2 atom stereocenters. The van der Waals surface area contributed by atoms with E-state index in [-0.39, 0.29) is 18.0 Å². The van der Waals surface area contributed by atoms with Crippen LogP contribution in [0.3, 0.4) is 0 Å². The first-order valence-electron chi connectivity index (χ1n) is 13.0. The molecule has 3 aromatic rings. The minimum atomic E-state index is 0.132. The number of benzene rings is 2. The first kappa shape index (κ1) is 24.3. The van der Waals surface area contributed by atoms with Crippen LogP contribution in [0, 0.1) is 13.8 Å². The van der Waals surface area contributed by atoms with Gasteiger partial charge in [0, 0.05) is 47.8 Å². The van der Waals surface area contributed by atoms with Crippen molar-refractivity contribution in [2.75, 3.05) is 11.1 Å². The summed E-state index contributed by atoms with van der Waals surface area (Å²) in [5, 5.41) is 7.13. The highest BCUT2D eigenvalue weighted by Crippen LogP contribution is 2.37. The molecular weight excluding hydrogens is 448 g/mol. The summed E-state index contributed by atoms with van der Waals surface area (Å²) in [4.78, 5) is 24.8. The fourth-order valence-corrected chi connectivity index (χ4v) is 5.82.